The number of carboxylic acids is 2. The Hall–Kier alpha value is -1.45. The maximum atomic E-state index is 9.10. The van der Waals surface area contributed by atoms with E-state index in [1.165, 1.54) is 48.7 Å². The Morgan fingerprint density at radius 2 is 2.00 bits per heavy atom. The van der Waals surface area contributed by atoms with Crippen LogP contribution in [0.2, 0.25) is 0 Å². The van der Waals surface area contributed by atoms with Crippen LogP contribution in [0.15, 0.2) is 11.1 Å². The van der Waals surface area contributed by atoms with Gasteiger partial charge in [-0.25, -0.2) is 9.59 Å². The number of aliphatic carboxylic acids is 2. The SMILES string of the molecule is CCCCCCSc1nsnc1C1=CCCNC1.O=C(O)C(=O)O. The molecule has 7 nitrogen and oxygen atoms in total. The van der Waals surface area contributed by atoms with Crippen molar-refractivity contribution in [2.24, 2.45) is 0 Å². The number of nitrogens with one attached hydrogen (secondary N) is 1. The highest BCUT2D eigenvalue weighted by Gasteiger charge is 2.14. The van der Waals surface area contributed by atoms with Gasteiger partial charge in [-0.1, -0.05) is 32.3 Å². The van der Waals surface area contributed by atoms with Gasteiger partial charge in [0.1, 0.15) is 10.7 Å². The minimum absolute atomic E-state index is 0.939. The third-order valence-corrected chi connectivity index (χ3v) is 4.90. The fourth-order valence-corrected chi connectivity index (χ4v) is 3.70. The van der Waals surface area contributed by atoms with Crippen molar-refractivity contribution in [2.75, 3.05) is 18.8 Å². The van der Waals surface area contributed by atoms with Gasteiger partial charge in [-0.15, -0.1) is 11.8 Å². The molecule has 0 spiro atoms. The first-order chi connectivity index (χ1) is 11.6. The fourth-order valence-electron chi connectivity index (χ4n) is 1.99. The average molecular weight is 374 g/mol. The monoisotopic (exact) mass is 373 g/mol. The average Bonchev–Trinajstić information content (AvgIpc) is 3.04. The number of rotatable bonds is 7. The summed E-state index contributed by atoms with van der Waals surface area (Å²) in [6, 6.07) is 0. The largest absolute Gasteiger partial charge is 0.473 e. The van der Waals surface area contributed by atoms with E-state index in [2.05, 4.69) is 27.1 Å². The lowest BCUT2D eigenvalue weighted by Crippen LogP contribution is -2.21. The highest BCUT2D eigenvalue weighted by molar-refractivity contribution is 7.99. The van der Waals surface area contributed by atoms with Crippen LogP contribution >= 0.6 is 23.5 Å². The van der Waals surface area contributed by atoms with E-state index >= 15 is 0 Å². The molecule has 0 saturated carbocycles. The van der Waals surface area contributed by atoms with E-state index in [0.717, 1.165) is 30.2 Å². The summed E-state index contributed by atoms with van der Waals surface area (Å²) in [4.78, 5) is 18.2. The van der Waals surface area contributed by atoms with Gasteiger partial charge >= 0.3 is 11.9 Å². The molecule has 0 amide bonds. The summed E-state index contributed by atoms with van der Waals surface area (Å²) in [5, 5.41) is 19.3. The molecule has 3 N–H and O–H groups in total. The second-order valence-electron chi connectivity index (χ2n) is 5.13. The van der Waals surface area contributed by atoms with Gasteiger partial charge in [-0.3, -0.25) is 0 Å². The lowest BCUT2D eigenvalue weighted by Gasteiger charge is -2.12. The minimum Gasteiger partial charge on any atom is -0.473 e. The van der Waals surface area contributed by atoms with Gasteiger partial charge in [0.2, 0.25) is 0 Å². The van der Waals surface area contributed by atoms with Crippen molar-refractivity contribution in [3.05, 3.63) is 11.8 Å². The molecule has 0 atom stereocenters. The fraction of sp³-hybridized carbons (Fsp3) is 0.600. The third kappa shape index (κ3) is 7.89. The Balaban J connectivity index is 0.000000413. The van der Waals surface area contributed by atoms with Crippen molar-refractivity contribution in [3.8, 4) is 0 Å². The molecule has 1 aromatic rings. The molecule has 0 saturated heterocycles. The Morgan fingerprint density at radius 1 is 1.25 bits per heavy atom. The highest BCUT2D eigenvalue weighted by Crippen LogP contribution is 2.28. The van der Waals surface area contributed by atoms with Gasteiger partial charge in [0.05, 0.1) is 11.7 Å². The first kappa shape index (κ1) is 20.6. The number of carboxylic acid groups (broad SMARTS) is 2. The molecule has 1 aromatic heterocycles. The molecule has 134 valence electrons. The van der Waals surface area contributed by atoms with E-state index in [4.69, 9.17) is 19.8 Å². The summed E-state index contributed by atoms with van der Waals surface area (Å²) in [7, 11) is 0. The Morgan fingerprint density at radius 3 is 2.58 bits per heavy atom. The molecule has 1 aliphatic heterocycles. The van der Waals surface area contributed by atoms with Crippen LogP contribution in [-0.4, -0.2) is 49.7 Å². The maximum Gasteiger partial charge on any atom is 0.414 e. The molecule has 24 heavy (non-hydrogen) atoms. The second kappa shape index (κ2) is 12.0. The minimum atomic E-state index is -1.82. The van der Waals surface area contributed by atoms with E-state index in [-0.39, 0.29) is 0 Å². The van der Waals surface area contributed by atoms with Crippen LogP contribution < -0.4 is 5.32 Å². The Bertz CT molecular complexity index is 549. The zero-order chi connectivity index (χ0) is 17.8. The predicted octanol–water partition coefficient (Wildman–Crippen LogP) is 2.74. The van der Waals surface area contributed by atoms with E-state index in [1.807, 2.05) is 11.8 Å². The van der Waals surface area contributed by atoms with Crippen molar-refractivity contribution in [2.45, 2.75) is 44.1 Å². The summed E-state index contributed by atoms with van der Waals surface area (Å²) < 4.78 is 8.89. The molecule has 2 heterocycles. The number of aromatic nitrogens is 2. The molecular weight excluding hydrogens is 350 g/mol. The van der Waals surface area contributed by atoms with Gasteiger partial charge < -0.3 is 15.5 Å². The van der Waals surface area contributed by atoms with Crippen LogP contribution in [0.5, 0.6) is 0 Å². The van der Waals surface area contributed by atoms with Gasteiger partial charge in [-0.2, -0.15) is 8.75 Å². The standard InChI is InChI=1S/C13H21N3S2.C2H2O4/c1-2-3-4-5-9-17-13-12(15-18-16-13)11-7-6-8-14-10-11;3-1(4)2(5)6/h7,14H,2-6,8-10H2,1H3;(H,3,4)(H,5,6). The van der Waals surface area contributed by atoms with Crippen molar-refractivity contribution in [1.82, 2.24) is 14.1 Å². The first-order valence-electron chi connectivity index (χ1n) is 7.88. The van der Waals surface area contributed by atoms with Crippen molar-refractivity contribution < 1.29 is 19.8 Å². The van der Waals surface area contributed by atoms with Crippen molar-refractivity contribution >= 4 is 41.0 Å². The number of nitrogens with zero attached hydrogens (tertiary/aromatic N) is 2. The summed E-state index contributed by atoms with van der Waals surface area (Å²) in [5.74, 6) is -2.48. The number of hydrogen-bond acceptors (Lipinski definition) is 7. The van der Waals surface area contributed by atoms with Crippen molar-refractivity contribution in [1.29, 1.82) is 0 Å². The molecule has 0 aromatic carbocycles. The topological polar surface area (TPSA) is 112 Å². The van der Waals surface area contributed by atoms with Gasteiger partial charge in [0.25, 0.3) is 0 Å². The summed E-state index contributed by atoms with van der Waals surface area (Å²) in [6.07, 6.45) is 8.67. The molecule has 1 aliphatic rings. The quantitative estimate of drug-likeness (QED) is 0.380. The van der Waals surface area contributed by atoms with Gasteiger partial charge in [-0.05, 0) is 30.7 Å². The van der Waals surface area contributed by atoms with Crippen LogP contribution in [0, 0.1) is 0 Å². The van der Waals surface area contributed by atoms with E-state index < -0.39 is 11.9 Å². The number of hydrogen-bond donors (Lipinski definition) is 3. The smallest absolute Gasteiger partial charge is 0.414 e. The number of carbonyl (C=O) groups is 2. The number of unbranched alkanes of at least 4 members (excludes halogenated alkanes) is 3. The van der Waals surface area contributed by atoms with E-state index in [9.17, 15) is 0 Å². The van der Waals surface area contributed by atoms with Crippen LogP contribution in [0.3, 0.4) is 0 Å². The zero-order valence-electron chi connectivity index (χ0n) is 13.7. The number of thioether (sulfide) groups is 1. The molecule has 0 aliphatic carbocycles. The lowest BCUT2D eigenvalue weighted by atomic mass is 10.1. The van der Waals surface area contributed by atoms with E-state index in [0.29, 0.717) is 0 Å². The molecule has 2 rings (SSSR count). The molecule has 0 bridgehead atoms. The Kier molecular flexibility index (Phi) is 10.3. The maximum absolute atomic E-state index is 9.10. The van der Waals surface area contributed by atoms with Crippen LogP contribution in [0.1, 0.15) is 44.7 Å². The van der Waals surface area contributed by atoms with Gasteiger partial charge in [0.15, 0.2) is 0 Å². The summed E-state index contributed by atoms with van der Waals surface area (Å²) >= 11 is 3.20. The predicted molar refractivity (Wildman–Crippen MR) is 95.5 cm³/mol. The molecule has 0 radical (unpaired) electrons. The summed E-state index contributed by atoms with van der Waals surface area (Å²) in [5.41, 5.74) is 2.44. The zero-order valence-corrected chi connectivity index (χ0v) is 15.3. The highest BCUT2D eigenvalue weighted by atomic mass is 32.2. The van der Waals surface area contributed by atoms with Crippen LogP contribution in [0.25, 0.3) is 5.57 Å². The lowest BCUT2D eigenvalue weighted by molar-refractivity contribution is -0.159. The van der Waals surface area contributed by atoms with Crippen LogP contribution in [-0.2, 0) is 9.59 Å². The summed E-state index contributed by atoms with van der Waals surface area (Å²) in [6.45, 7) is 4.27. The molecule has 9 heteroatoms. The second-order valence-corrected chi connectivity index (χ2v) is 6.74. The normalized spacial score (nSPS) is 13.6. The van der Waals surface area contributed by atoms with Gasteiger partial charge in [0, 0.05) is 6.54 Å². The molecule has 0 fully saturated rings. The first-order valence-corrected chi connectivity index (χ1v) is 9.59. The Labute approximate surface area is 149 Å². The third-order valence-electron chi connectivity index (χ3n) is 3.21. The molecule has 0 unspecified atom stereocenters. The van der Waals surface area contributed by atoms with E-state index in [1.54, 1.807) is 0 Å². The molecular formula is C15H23N3O4S2. The van der Waals surface area contributed by atoms with Crippen LogP contribution in [0.4, 0.5) is 0 Å². The van der Waals surface area contributed by atoms with Crippen molar-refractivity contribution in [3.63, 3.8) is 0 Å².